The third-order valence-corrected chi connectivity index (χ3v) is 4.26. The van der Waals surface area contributed by atoms with Gasteiger partial charge in [0.15, 0.2) is 0 Å². The molecule has 0 aromatic heterocycles. The summed E-state index contributed by atoms with van der Waals surface area (Å²) in [6.45, 7) is 5.83. The summed E-state index contributed by atoms with van der Waals surface area (Å²) in [6, 6.07) is 11.1. The van der Waals surface area contributed by atoms with Crippen molar-refractivity contribution in [2.75, 3.05) is 0 Å². The summed E-state index contributed by atoms with van der Waals surface area (Å²) in [7, 11) is 0. The molecule has 0 radical (unpaired) electrons. The van der Waals surface area contributed by atoms with Crippen LogP contribution in [0, 0.1) is 19.7 Å². The number of thioether (sulfide) groups is 1. The third-order valence-electron chi connectivity index (χ3n) is 3.10. The molecule has 1 N–H and O–H groups in total. The van der Waals surface area contributed by atoms with Gasteiger partial charge in [0.25, 0.3) is 0 Å². The molecule has 0 aliphatic heterocycles. The SMILES string of the molecule is Cc1cc(C)cc(CSc2ccc(F)cc2C(C)O)c1. The van der Waals surface area contributed by atoms with E-state index in [2.05, 4.69) is 32.0 Å². The Bertz CT molecular complexity index is 588. The topological polar surface area (TPSA) is 20.2 Å². The normalized spacial score (nSPS) is 12.4. The lowest BCUT2D eigenvalue weighted by Gasteiger charge is -2.12. The van der Waals surface area contributed by atoms with Gasteiger partial charge in [-0.3, -0.25) is 0 Å². The van der Waals surface area contributed by atoms with E-state index in [-0.39, 0.29) is 5.82 Å². The van der Waals surface area contributed by atoms with Gasteiger partial charge in [0, 0.05) is 10.6 Å². The van der Waals surface area contributed by atoms with Crippen LogP contribution < -0.4 is 0 Å². The molecule has 0 spiro atoms. The molecule has 2 rings (SSSR count). The largest absolute Gasteiger partial charge is 0.389 e. The van der Waals surface area contributed by atoms with Crippen molar-refractivity contribution < 1.29 is 9.50 Å². The fourth-order valence-corrected chi connectivity index (χ4v) is 3.34. The highest BCUT2D eigenvalue weighted by atomic mass is 32.2. The van der Waals surface area contributed by atoms with Gasteiger partial charge in [-0.15, -0.1) is 11.8 Å². The first-order valence-corrected chi connectivity index (χ1v) is 7.62. The van der Waals surface area contributed by atoms with Crippen LogP contribution in [0.4, 0.5) is 4.39 Å². The standard InChI is InChI=1S/C17H19FOS/c1-11-6-12(2)8-14(7-11)10-20-17-5-4-15(18)9-16(17)13(3)19/h4-9,13,19H,10H2,1-3H3. The molecule has 0 aliphatic rings. The van der Waals surface area contributed by atoms with E-state index in [1.165, 1.54) is 28.8 Å². The molecule has 0 aliphatic carbocycles. The quantitative estimate of drug-likeness (QED) is 0.817. The Hall–Kier alpha value is -1.32. The number of aliphatic hydroxyl groups excluding tert-OH is 1. The Balaban J connectivity index is 2.18. The summed E-state index contributed by atoms with van der Waals surface area (Å²) in [5.74, 6) is 0.505. The lowest BCUT2D eigenvalue weighted by molar-refractivity contribution is 0.196. The number of aryl methyl sites for hydroxylation is 2. The van der Waals surface area contributed by atoms with E-state index in [1.807, 2.05) is 0 Å². The van der Waals surface area contributed by atoms with Crippen molar-refractivity contribution in [2.45, 2.75) is 37.5 Å². The van der Waals surface area contributed by atoms with Crippen molar-refractivity contribution in [1.29, 1.82) is 0 Å². The lowest BCUT2D eigenvalue weighted by Crippen LogP contribution is -1.96. The summed E-state index contributed by atoms with van der Waals surface area (Å²) < 4.78 is 13.3. The van der Waals surface area contributed by atoms with E-state index in [9.17, 15) is 9.50 Å². The number of halogens is 1. The van der Waals surface area contributed by atoms with Crippen LogP contribution >= 0.6 is 11.8 Å². The van der Waals surface area contributed by atoms with Gasteiger partial charge >= 0.3 is 0 Å². The van der Waals surface area contributed by atoms with Gasteiger partial charge in [-0.05, 0) is 50.1 Å². The first kappa shape index (κ1) is 15.1. The second kappa shape index (κ2) is 6.42. The van der Waals surface area contributed by atoms with E-state index in [4.69, 9.17) is 0 Å². The van der Waals surface area contributed by atoms with Crippen LogP contribution in [0.1, 0.15) is 35.3 Å². The monoisotopic (exact) mass is 290 g/mol. The van der Waals surface area contributed by atoms with E-state index in [1.54, 1.807) is 24.8 Å². The zero-order valence-electron chi connectivity index (χ0n) is 12.0. The molecular formula is C17H19FOS. The van der Waals surface area contributed by atoms with Crippen LogP contribution in [0.2, 0.25) is 0 Å². The van der Waals surface area contributed by atoms with Crippen molar-refractivity contribution in [2.24, 2.45) is 0 Å². The van der Waals surface area contributed by atoms with Crippen molar-refractivity contribution in [3.63, 3.8) is 0 Å². The third kappa shape index (κ3) is 3.84. The fourth-order valence-electron chi connectivity index (χ4n) is 2.29. The van der Waals surface area contributed by atoms with Crippen LogP contribution in [-0.2, 0) is 5.75 Å². The van der Waals surface area contributed by atoms with E-state index in [0.717, 1.165) is 10.6 Å². The fraction of sp³-hybridized carbons (Fsp3) is 0.294. The molecular weight excluding hydrogens is 271 g/mol. The Morgan fingerprint density at radius 2 is 1.75 bits per heavy atom. The maximum absolute atomic E-state index is 13.3. The van der Waals surface area contributed by atoms with E-state index >= 15 is 0 Å². The number of hydrogen-bond acceptors (Lipinski definition) is 2. The minimum absolute atomic E-state index is 0.309. The molecule has 0 heterocycles. The molecule has 1 nitrogen and oxygen atoms in total. The molecule has 2 aromatic rings. The summed E-state index contributed by atoms with van der Waals surface area (Å²) >= 11 is 1.63. The van der Waals surface area contributed by atoms with E-state index in [0.29, 0.717) is 5.56 Å². The number of aliphatic hydroxyl groups is 1. The highest BCUT2D eigenvalue weighted by Crippen LogP contribution is 2.31. The predicted molar refractivity (Wildman–Crippen MR) is 82.5 cm³/mol. The molecule has 1 atom stereocenters. The molecule has 0 fully saturated rings. The summed E-state index contributed by atoms with van der Waals surface area (Å²) in [5, 5.41) is 9.73. The zero-order chi connectivity index (χ0) is 14.7. The average Bonchev–Trinajstić information content (AvgIpc) is 2.36. The molecule has 0 bridgehead atoms. The van der Waals surface area contributed by atoms with E-state index < -0.39 is 6.10 Å². The van der Waals surface area contributed by atoms with Gasteiger partial charge in [0.05, 0.1) is 6.10 Å². The van der Waals surface area contributed by atoms with Gasteiger partial charge in [-0.2, -0.15) is 0 Å². The minimum Gasteiger partial charge on any atom is -0.389 e. The van der Waals surface area contributed by atoms with Crippen LogP contribution in [-0.4, -0.2) is 5.11 Å². The van der Waals surface area contributed by atoms with Crippen LogP contribution in [0.15, 0.2) is 41.3 Å². The maximum Gasteiger partial charge on any atom is 0.123 e. The van der Waals surface area contributed by atoms with Gasteiger partial charge in [0.1, 0.15) is 5.82 Å². The molecule has 0 amide bonds. The van der Waals surface area contributed by atoms with Crippen molar-refractivity contribution in [3.05, 3.63) is 64.5 Å². The Labute approximate surface area is 123 Å². The lowest BCUT2D eigenvalue weighted by atomic mass is 10.1. The molecule has 2 aromatic carbocycles. The number of benzene rings is 2. The highest BCUT2D eigenvalue weighted by Gasteiger charge is 2.10. The Morgan fingerprint density at radius 3 is 2.35 bits per heavy atom. The average molecular weight is 290 g/mol. The first-order valence-electron chi connectivity index (χ1n) is 6.63. The van der Waals surface area contributed by atoms with Crippen LogP contribution in [0.3, 0.4) is 0 Å². The number of hydrogen-bond donors (Lipinski definition) is 1. The van der Waals surface area contributed by atoms with Crippen molar-refractivity contribution in [1.82, 2.24) is 0 Å². The maximum atomic E-state index is 13.3. The second-order valence-electron chi connectivity index (χ2n) is 5.14. The van der Waals surface area contributed by atoms with Crippen LogP contribution in [0.25, 0.3) is 0 Å². The predicted octanol–water partition coefficient (Wildman–Crippen LogP) is 4.79. The number of rotatable bonds is 4. The second-order valence-corrected chi connectivity index (χ2v) is 6.16. The minimum atomic E-state index is -0.660. The van der Waals surface area contributed by atoms with Gasteiger partial charge in [-0.25, -0.2) is 4.39 Å². The summed E-state index contributed by atoms with van der Waals surface area (Å²) in [4.78, 5) is 0.931. The summed E-state index contributed by atoms with van der Waals surface area (Å²) in [5.41, 5.74) is 4.39. The zero-order valence-corrected chi connectivity index (χ0v) is 12.8. The molecule has 106 valence electrons. The first-order chi connectivity index (χ1) is 9.45. The van der Waals surface area contributed by atoms with Crippen molar-refractivity contribution >= 4 is 11.8 Å². The van der Waals surface area contributed by atoms with Gasteiger partial charge in [0.2, 0.25) is 0 Å². The Morgan fingerprint density at radius 1 is 1.10 bits per heavy atom. The Kier molecular flexibility index (Phi) is 4.84. The molecule has 3 heteroatoms. The van der Waals surface area contributed by atoms with Gasteiger partial charge in [-0.1, -0.05) is 29.3 Å². The summed E-state index contributed by atoms with van der Waals surface area (Å²) in [6.07, 6.45) is -0.660. The molecule has 1 unspecified atom stereocenters. The van der Waals surface area contributed by atoms with Crippen LogP contribution in [0.5, 0.6) is 0 Å². The molecule has 20 heavy (non-hydrogen) atoms. The smallest absolute Gasteiger partial charge is 0.123 e. The highest BCUT2D eigenvalue weighted by molar-refractivity contribution is 7.98. The van der Waals surface area contributed by atoms with Crippen molar-refractivity contribution in [3.8, 4) is 0 Å². The molecule has 0 saturated heterocycles. The molecule has 0 saturated carbocycles. The van der Waals surface area contributed by atoms with Gasteiger partial charge < -0.3 is 5.11 Å².